The lowest BCUT2D eigenvalue weighted by atomic mass is 9.99. The Bertz CT molecular complexity index is 459. The van der Waals surface area contributed by atoms with Gasteiger partial charge in [0.25, 0.3) is 0 Å². The minimum Gasteiger partial charge on any atom is -0.312 e. The third kappa shape index (κ3) is 2.81. The topological polar surface area (TPSA) is 20.3 Å². The summed E-state index contributed by atoms with van der Waals surface area (Å²) in [6.45, 7) is 7.28. The van der Waals surface area contributed by atoms with Crippen molar-refractivity contribution in [3.05, 3.63) is 28.8 Å². The van der Waals surface area contributed by atoms with Crippen LogP contribution < -0.4 is 4.90 Å². The molecule has 1 unspecified atom stereocenters. The van der Waals surface area contributed by atoms with Gasteiger partial charge in [0.2, 0.25) is 5.91 Å². The largest absolute Gasteiger partial charge is 0.312 e. The molecule has 0 saturated carbocycles. The van der Waals surface area contributed by atoms with Gasteiger partial charge < -0.3 is 4.90 Å². The molecule has 0 aliphatic carbocycles. The van der Waals surface area contributed by atoms with Gasteiger partial charge in [-0.3, -0.25) is 4.79 Å². The zero-order chi connectivity index (χ0) is 14.0. The molecule has 0 spiro atoms. The molecule has 0 aromatic heterocycles. The summed E-state index contributed by atoms with van der Waals surface area (Å²) in [4.78, 5) is 14.3. The van der Waals surface area contributed by atoms with Gasteiger partial charge in [-0.1, -0.05) is 31.5 Å². The zero-order valence-corrected chi connectivity index (χ0v) is 13.0. The summed E-state index contributed by atoms with van der Waals surface area (Å²) in [7, 11) is 0. The summed E-state index contributed by atoms with van der Waals surface area (Å²) >= 11 is 4.34. The molecule has 1 saturated heterocycles. The van der Waals surface area contributed by atoms with Crippen LogP contribution in [-0.4, -0.2) is 18.2 Å². The molecule has 1 aromatic rings. The number of amides is 1. The number of carbonyl (C=O) groups excluding carboxylic acids is 1. The Morgan fingerprint density at radius 2 is 1.84 bits per heavy atom. The molecule has 1 aromatic carbocycles. The van der Waals surface area contributed by atoms with Crippen molar-refractivity contribution in [2.45, 2.75) is 40.0 Å². The molecule has 3 heteroatoms. The molecule has 2 rings (SSSR count). The van der Waals surface area contributed by atoms with Crippen LogP contribution in [0.4, 0.5) is 5.69 Å². The molecule has 1 atom stereocenters. The molecule has 1 fully saturated rings. The van der Waals surface area contributed by atoms with E-state index in [1.807, 2.05) is 4.90 Å². The first-order valence-electron chi connectivity index (χ1n) is 7.14. The van der Waals surface area contributed by atoms with Crippen molar-refractivity contribution in [1.82, 2.24) is 0 Å². The maximum absolute atomic E-state index is 12.3. The lowest BCUT2D eigenvalue weighted by Gasteiger charge is -2.24. The van der Waals surface area contributed by atoms with Gasteiger partial charge in [0.05, 0.1) is 0 Å². The second-order valence-electron chi connectivity index (χ2n) is 5.40. The molecule has 0 radical (unpaired) electrons. The molecule has 1 heterocycles. The van der Waals surface area contributed by atoms with E-state index in [-0.39, 0.29) is 5.91 Å². The average Bonchev–Trinajstić information content (AvgIpc) is 2.78. The summed E-state index contributed by atoms with van der Waals surface area (Å²) in [5, 5.41) is 0. The summed E-state index contributed by atoms with van der Waals surface area (Å²) in [6, 6.07) is 4.44. The van der Waals surface area contributed by atoms with Gasteiger partial charge >= 0.3 is 0 Å². The van der Waals surface area contributed by atoms with Crippen LogP contribution in [0, 0.1) is 12.8 Å². The number of hydrogen-bond donors (Lipinski definition) is 1. The number of benzene rings is 1. The first-order valence-corrected chi connectivity index (χ1v) is 7.77. The fraction of sp³-hybridized carbons (Fsp3) is 0.562. The van der Waals surface area contributed by atoms with Gasteiger partial charge in [0.15, 0.2) is 0 Å². The predicted molar refractivity (Wildman–Crippen MR) is 84.2 cm³/mol. The van der Waals surface area contributed by atoms with Crippen molar-refractivity contribution in [2.24, 2.45) is 5.92 Å². The number of hydrogen-bond acceptors (Lipinski definition) is 2. The molecular formula is C16H23NOS. The standard InChI is InChI=1S/C16H23NOS/c1-4-13-6-11(3)7-14(5-2)16(13)17-9-12(10-19)8-15(17)18/h6-7,12,19H,4-5,8-10H2,1-3H3. The van der Waals surface area contributed by atoms with Crippen molar-refractivity contribution in [1.29, 1.82) is 0 Å². The number of aryl methyl sites for hydroxylation is 3. The van der Waals surface area contributed by atoms with Crippen LogP contribution in [0.15, 0.2) is 12.1 Å². The normalized spacial score (nSPS) is 19.3. The first-order chi connectivity index (χ1) is 9.10. The number of anilines is 1. The van der Waals surface area contributed by atoms with E-state index in [9.17, 15) is 4.79 Å². The molecule has 1 aliphatic heterocycles. The van der Waals surface area contributed by atoms with Crippen LogP contribution in [0.1, 0.15) is 37.0 Å². The van der Waals surface area contributed by atoms with Gasteiger partial charge in [0.1, 0.15) is 0 Å². The van der Waals surface area contributed by atoms with Crippen LogP contribution in [0.25, 0.3) is 0 Å². The van der Waals surface area contributed by atoms with Crippen LogP contribution in [0.3, 0.4) is 0 Å². The molecule has 0 bridgehead atoms. The summed E-state index contributed by atoms with van der Waals surface area (Å²) in [5.74, 6) is 1.44. The molecule has 104 valence electrons. The Kier molecular flexibility index (Phi) is 4.56. The van der Waals surface area contributed by atoms with Gasteiger partial charge in [-0.2, -0.15) is 12.6 Å². The fourth-order valence-electron chi connectivity index (χ4n) is 2.94. The monoisotopic (exact) mass is 277 g/mol. The van der Waals surface area contributed by atoms with E-state index in [0.29, 0.717) is 12.3 Å². The molecule has 2 nitrogen and oxygen atoms in total. The highest BCUT2D eigenvalue weighted by Crippen LogP contribution is 2.33. The van der Waals surface area contributed by atoms with E-state index in [1.54, 1.807) is 0 Å². The highest BCUT2D eigenvalue weighted by molar-refractivity contribution is 7.80. The highest BCUT2D eigenvalue weighted by Gasteiger charge is 2.31. The molecule has 1 aliphatic rings. The Morgan fingerprint density at radius 1 is 1.26 bits per heavy atom. The SMILES string of the molecule is CCc1cc(C)cc(CC)c1N1CC(CS)CC1=O. The molecule has 1 amide bonds. The second kappa shape index (κ2) is 6.00. The maximum Gasteiger partial charge on any atom is 0.227 e. The van der Waals surface area contributed by atoms with Crippen LogP contribution in [-0.2, 0) is 17.6 Å². The summed E-state index contributed by atoms with van der Waals surface area (Å²) in [5.41, 5.74) is 5.05. The van der Waals surface area contributed by atoms with Crippen molar-refractivity contribution in [3.8, 4) is 0 Å². The second-order valence-corrected chi connectivity index (χ2v) is 5.76. The molecule has 0 N–H and O–H groups in total. The smallest absolute Gasteiger partial charge is 0.227 e. The van der Waals surface area contributed by atoms with E-state index in [1.165, 1.54) is 22.4 Å². The number of nitrogens with zero attached hydrogens (tertiary/aromatic N) is 1. The van der Waals surface area contributed by atoms with E-state index in [4.69, 9.17) is 0 Å². The quantitative estimate of drug-likeness (QED) is 0.836. The number of thiol groups is 1. The highest BCUT2D eigenvalue weighted by atomic mass is 32.1. The first kappa shape index (κ1) is 14.4. The third-order valence-electron chi connectivity index (χ3n) is 3.91. The van der Waals surface area contributed by atoms with Gasteiger partial charge in [-0.05, 0) is 42.6 Å². The summed E-state index contributed by atoms with van der Waals surface area (Å²) in [6.07, 6.45) is 2.59. The minimum absolute atomic E-state index is 0.257. The van der Waals surface area contributed by atoms with Crippen LogP contribution in [0.5, 0.6) is 0 Å². The van der Waals surface area contributed by atoms with E-state index >= 15 is 0 Å². The van der Waals surface area contributed by atoms with Gasteiger partial charge in [0, 0.05) is 18.7 Å². The Labute approximate surface area is 121 Å². The van der Waals surface area contributed by atoms with Crippen molar-refractivity contribution in [2.75, 3.05) is 17.2 Å². The predicted octanol–water partition coefficient (Wildman–Crippen LogP) is 3.40. The van der Waals surface area contributed by atoms with Gasteiger partial charge in [-0.25, -0.2) is 0 Å². The van der Waals surface area contributed by atoms with Crippen LogP contribution >= 0.6 is 12.6 Å². The van der Waals surface area contributed by atoms with E-state index in [0.717, 1.165) is 25.1 Å². The average molecular weight is 277 g/mol. The Hall–Kier alpha value is -0.960. The fourth-order valence-corrected chi connectivity index (χ4v) is 3.18. The van der Waals surface area contributed by atoms with Crippen molar-refractivity contribution >= 4 is 24.2 Å². The molecular weight excluding hydrogens is 254 g/mol. The Morgan fingerprint density at radius 3 is 2.26 bits per heavy atom. The Balaban J connectivity index is 2.46. The lowest BCUT2D eigenvalue weighted by molar-refractivity contribution is -0.117. The van der Waals surface area contributed by atoms with E-state index < -0.39 is 0 Å². The lowest BCUT2D eigenvalue weighted by Crippen LogP contribution is -2.27. The molecule has 19 heavy (non-hydrogen) atoms. The minimum atomic E-state index is 0.257. The van der Waals surface area contributed by atoms with Crippen LogP contribution in [0.2, 0.25) is 0 Å². The van der Waals surface area contributed by atoms with Gasteiger partial charge in [-0.15, -0.1) is 0 Å². The van der Waals surface area contributed by atoms with E-state index in [2.05, 4.69) is 45.5 Å². The maximum atomic E-state index is 12.3. The number of rotatable bonds is 4. The number of carbonyl (C=O) groups is 1. The summed E-state index contributed by atoms with van der Waals surface area (Å²) < 4.78 is 0. The van der Waals surface area contributed by atoms with Crippen molar-refractivity contribution in [3.63, 3.8) is 0 Å². The van der Waals surface area contributed by atoms with Crippen molar-refractivity contribution < 1.29 is 4.79 Å². The zero-order valence-electron chi connectivity index (χ0n) is 12.1. The third-order valence-corrected chi connectivity index (χ3v) is 4.42.